The van der Waals surface area contributed by atoms with E-state index in [1.54, 1.807) is 18.2 Å². The van der Waals surface area contributed by atoms with Gasteiger partial charge in [0.1, 0.15) is 0 Å². The molecule has 1 atom stereocenters. The van der Waals surface area contributed by atoms with Gasteiger partial charge in [0.15, 0.2) is 5.58 Å². The molecule has 19 heavy (non-hydrogen) atoms. The van der Waals surface area contributed by atoms with Crippen LogP contribution in [0.15, 0.2) is 27.4 Å². The molecule has 6 nitrogen and oxygen atoms in total. The summed E-state index contributed by atoms with van der Waals surface area (Å²) >= 11 is 0. The summed E-state index contributed by atoms with van der Waals surface area (Å²) in [6.45, 7) is 0.673. The molecule has 0 aliphatic carbocycles. The molecule has 6 heteroatoms. The number of aliphatic carboxylic acids is 1. The molecule has 0 saturated heterocycles. The second kappa shape index (κ2) is 5.27. The summed E-state index contributed by atoms with van der Waals surface area (Å²) in [7, 11) is 3.79. The zero-order valence-corrected chi connectivity index (χ0v) is 10.8. The monoisotopic (exact) mass is 264 g/mol. The number of benzene rings is 1. The Kier molecular flexibility index (Phi) is 3.71. The second-order valence-electron chi connectivity index (χ2n) is 4.75. The van der Waals surface area contributed by atoms with E-state index in [0.717, 1.165) is 0 Å². The number of carboxylic acid groups (broad SMARTS) is 1. The van der Waals surface area contributed by atoms with E-state index in [1.165, 1.54) is 0 Å². The third kappa shape index (κ3) is 3.03. The molecule has 0 radical (unpaired) electrons. The van der Waals surface area contributed by atoms with Crippen molar-refractivity contribution in [3.8, 4) is 0 Å². The maximum absolute atomic E-state index is 11.3. The minimum absolute atomic E-state index is 0.388. The molecule has 0 aliphatic rings. The number of aromatic amines is 1. The van der Waals surface area contributed by atoms with Crippen molar-refractivity contribution in [3.63, 3.8) is 0 Å². The third-order valence-electron chi connectivity index (χ3n) is 3.01. The van der Waals surface area contributed by atoms with Gasteiger partial charge in [0, 0.05) is 0 Å². The number of H-pyrrole nitrogens is 1. The number of hydrogen-bond acceptors (Lipinski definition) is 4. The van der Waals surface area contributed by atoms with Gasteiger partial charge in [0.05, 0.1) is 11.4 Å². The van der Waals surface area contributed by atoms with Crippen molar-refractivity contribution in [1.82, 2.24) is 9.88 Å². The van der Waals surface area contributed by atoms with Gasteiger partial charge in [0.25, 0.3) is 0 Å². The fourth-order valence-electron chi connectivity index (χ4n) is 2.00. The van der Waals surface area contributed by atoms with Crippen LogP contribution in [0.2, 0.25) is 0 Å². The zero-order chi connectivity index (χ0) is 14.0. The molecule has 2 N–H and O–H groups in total. The Morgan fingerprint density at radius 1 is 1.47 bits per heavy atom. The number of hydrogen-bond donors (Lipinski definition) is 2. The standard InChI is InChI=1S/C13H16N2O4/c1-15(2)6-5-9(12(16)17)8-3-4-10-11(7-8)19-13(18)14-10/h3-4,7,9H,5-6H2,1-2H3,(H,14,18)(H,16,17). The number of nitrogens with one attached hydrogen (secondary N) is 1. The van der Waals surface area contributed by atoms with Gasteiger partial charge in [0.2, 0.25) is 0 Å². The first kappa shape index (κ1) is 13.4. The Bertz CT molecular complexity index is 641. The Morgan fingerprint density at radius 3 is 2.84 bits per heavy atom. The first-order valence-electron chi connectivity index (χ1n) is 5.97. The van der Waals surface area contributed by atoms with E-state index in [9.17, 15) is 14.7 Å². The summed E-state index contributed by atoms with van der Waals surface area (Å²) in [6, 6.07) is 4.99. The van der Waals surface area contributed by atoms with Crippen LogP contribution in [0.25, 0.3) is 11.1 Å². The molecule has 0 saturated carbocycles. The number of carbonyl (C=O) groups is 1. The number of carboxylic acids is 1. The Balaban J connectivity index is 2.32. The van der Waals surface area contributed by atoms with Crippen molar-refractivity contribution in [2.45, 2.75) is 12.3 Å². The van der Waals surface area contributed by atoms with Gasteiger partial charge >= 0.3 is 11.7 Å². The topological polar surface area (TPSA) is 86.5 Å². The molecule has 1 aromatic heterocycles. The van der Waals surface area contributed by atoms with Crippen LogP contribution in [0, 0.1) is 0 Å². The molecule has 1 heterocycles. The highest BCUT2D eigenvalue weighted by Gasteiger charge is 2.20. The molecule has 0 spiro atoms. The molecule has 0 fully saturated rings. The maximum atomic E-state index is 11.3. The van der Waals surface area contributed by atoms with Crippen molar-refractivity contribution >= 4 is 17.1 Å². The van der Waals surface area contributed by atoms with Crippen LogP contribution < -0.4 is 5.76 Å². The van der Waals surface area contributed by atoms with Crippen molar-refractivity contribution in [2.75, 3.05) is 20.6 Å². The molecule has 2 aromatic rings. The highest BCUT2D eigenvalue weighted by atomic mass is 16.4. The predicted octanol–water partition coefficient (Wildman–Crippen LogP) is 1.24. The second-order valence-corrected chi connectivity index (χ2v) is 4.75. The van der Waals surface area contributed by atoms with Gasteiger partial charge in [-0.25, -0.2) is 4.79 Å². The number of rotatable bonds is 5. The average molecular weight is 264 g/mol. The van der Waals surface area contributed by atoms with E-state index in [1.807, 2.05) is 19.0 Å². The summed E-state index contributed by atoms with van der Waals surface area (Å²) < 4.78 is 4.95. The van der Waals surface area contributed by atoms with Gasteiger partial charge in [-0.1, -0.05) is 6.07 Å². The molecule has 0 bridgehead atoms. The molecular formula is C13H16N2O4. The van der Waals surface area contributed by atoms with Gasteiger partial charge < -0.3 is 14.4 Å². The minimum atomic E-state index is -0.876. The average Bonchev–Trinajstić information content (AvgIpc) is 2.67. The van der Waals surface area contributed by atoms with Crippen LogP contribution in [-0.2, 0) is 4.79 Å². The van der Waals surface area contributed by atoms with Crippen LogP contribution in [0.3, 0.4) is 0 Å². The Hall–Kier alpha value is -2.08. The van der Waals surface area contributed by atoms with E-state index in [-0.39, 0.29) is 0 Å². The highest BCUT2D eigenvalue weighted by molar-refractivity contribution is 5.79. The van der Waals surface area contributed by atoms with Crippen LogP contribution in [-0.4, -0.2) is 41.6 Å². The highest BCUT2D eigenvalue weighted by Crippen LogP contribution is 2.23. The van der Waals surface area contributed by atoms with Crippen LogP contribution in [0.5, 0.6) is 0 Å². The van der Waals surface area contributed by atoms with E-state index in [2.05, 4.69) is 4.98 Å². The lowest BCUT2D eigenvalue weighted by Gasteiger charge is -2.15. The van der Waals surface area contributed by atoms with E-state index >= 15 is 0 Å². The molecule has 0 aliphatic heterocycles. The van der Waals surface area contributed by atoms with Gasteiger partial charge in [-0.2, -0.15) is 0 Å². The normalized spacial score (nSPS) is 13.0. The number of fused-ring (bicyclic) bond motifs is 1. The van der Waals surface area contributed by atoms with Gasteiger partial charge in [-0.15, -0.1) is 0 Å². The molecule has 2 rings (SSSR count). The van der Waals surface area contributed by atoms with Crippen molar-refractivity contribution in [3.05, 3.63) is 34.3 Å². The summed E-state index contributed by atoms with van der Waals surface area (Å²) in [5.74, 6) is -2.02. The molecule has 0 amide bonds. The first-order valence-corrected chi connectivity index (χ1v) is 5.97. The molecule has 102 valence electrons. The van der Waals surface area contributed by atoms with Gasteiger partial charge in [-0.3, -0.25) is 9.78 Å². The Labute approximate surface area is 109 Å². The van der Waals surface area contributed by atoms with Gasteiger partial charge in [-0.05, 0) is 44.8 Å². The number of nitrogens with zero attached hydrogens (tertiary/aromatic N) is 1. The van der Waals surface area contributed by atoms with Crippen molar-refractivity contribution in [2.24, 2.45) is 0 Å². The smallest absolute Gasteiger partial charge is 0.417 e. The minimum Gasteiger partial charge on any atom is -0.481 e. The lowest BCUT2D eigenvalue weighted by atomic mass is 9.95. The third-order valence-corrected chi connectivity index (χ3v) is 3.01. The lowest BCUT2D eigenvalue weighted by molar-refractivity contribution is -0.139. The Morgan fingerprint density at radius 2 is 2.21 bits per heavy atom. The zero-order valence-electron chi connectivity index (χ0n) is 10.8. The summed E-state index contributed by atoms with van der Waals surface area (Å²) in [4.78, 5) is 26.9. The molecule has 1 unspecified atom stereocenters. The fourth-order valence-corrected chi connectivity index (χ4v) is 2.00. The van der Waals surface area contributed by atoms with E-state index in [4.69, 9.17) is 4.42 Å². The van der Waals surface area contributed by atoms with E-state index in [0.29, 0.717) is 29.6 Å². The fraction of sp³-hybridized carbons (Fsp3) is 0.385. The SMILES string of the molecule is CN(C)CCC(C(=O)O)c1ccc2[nH]c(=O)oc2c1. The quantitative estimate of drug-likeness (QED) is 0.848. The van der Waals surface area contributed by atoms with Crippen LogP contribution >= 0.6 is 0 Å². The predicted molar refractivity (Wildman–Crippen MR) is 70.4 cm³/mol. The molecular weight excluding hydrogens is 248 g/mol. The molecule has 1 aromatic carbocycles. The summed E-state index contributed by atoms with van der Waals surface area (Å²) in [5.41, 5.74) is 1.61. The lowest BCUT2D eigenvalue weighted by Crippen LogP contribution is -2.20. The van der Waals surface area contributed by atoms with E-state index < -0.39 is 17.6 Å². The van der Waals surface area contributed by atoms with Crippen LogP contribution in [0.1, 0.15) is 17.9 Å². The summed E-state index contributed by atoms with van der Waals surface area (Å²) in [6.07, 6.45) is 0.502. The first-order chi connectivity index (χ1) is 8.97. The van der Waals surface area contributed by atoms with Crippen molar-refractivity contribution in [1.29, 1.82) is 0 Å². The maximum Gasteiger partial charge on any atom is 0.417 e. The van der Waals surface area contributed by atoms with Crippen molar-refractivity contribution < 1.29 is 14.3 Å². The largest absolute Gasteiger partial charge is 0.481 e. The van der Waals surface area contributed by atoms with Crippen LogP contribution in [0.4, 0.5) is 0 Å². The number of oxazole rings is 1. The number of aromatic nitrogens is 1. The summed E-state index contributed by atoms with van der Waals surface area (Å²) in [5, 5.41) is 9.30.